The number of nitrogens with zero attached hydrogens (tertiary/aromatic N) is 2. The Bertz CT molecular complexity index is 290. The Morgan fingerprint density at radius 2 is 2.36 bits per heavy atom. The van der Waals surface area contributed by atoms with Crippen molar-refractivity contribution in [1.29, 1.82) is 0 Å². The Labute approximate surface area is 76.8 Å². The van der Waals surface area contributed by atoms with E-state index in [9.17, 15) is 0 Å². The molecule has 0 saturated heterocycles. The second-order valence-corrected chi connectivity index (χ2v) is 3.06. The molecule has 0 atom stereocenters. The van der Waals surface area contributed by atoms with E-state index in [1.807, 2.05) is 0 Å². The van der Waals surface area contributed by atoms with E-state index in [1.54, 1.807) is 12.3 Å². The van der Waals surface area contributed by atoms with Crippen LogP contribution in [0.3, 0.4) is 0 Å². The van der Waals surface area contributed by atoms with Crippen molar-refractivity contribution in [3.63, 3.8) is 0 Å². The van der Waals surface area contributed by atoms with Crippen LogP contribution in [0.15, 0.2) is 28.1 Å². The zero-order valence-electron chi connectivity index (χ0n) is 5.33. The fraction of sp³-hybridized carbons (Fsp3) is 0. The molecule has 0 aliphatic heterocycles. The average Bonchev–Trinajstić information content (AvgIpc) is 2.03. The van der Waals surface area contributed by atoms with E-state index in [2.05, 4.69) is 26.1 Å². The molecule has 1 heterocycles. The third-order valence-electron chi connectivity index (χ3n) is 1.03. The third-order valence-corrected chi connectivity index (χ3v) is 1.76. The quantitative estimate of drug-likeness (QED) is 0.461. The van der Waals surface area contributed by atoms with Crippen molar-refractivity contribution in [1.82, 2.24) is 4.98 Å². The smallest absolute Gasteiger partial charge is 0.176 e. The van der Waals surface area contributed by atoms with Crippen molar-refractivity contribution in [2.24, 2.45) is 5.16 Å². The summed E-state index contributed by atoms with van der Waals surface area (Å²) in [7, 11) is 0. The van der Waals surface area contributed by atoms with Gasteiger partial charge in [0.1, 0.15) is 0 Å². The molecule has 0 aliphatic rings. The van der Waals surface area contributed by atoms with E-state index in [0.29, 0.717) is 5.56 Å². The van der Waals surface area contributed by atoms with Crippen LogP contribution in [0.5, 0.6) is 0 Å². The Balaban J connectivity index is 3.06. The van der Waals surface area contributed by atoms with E-state index in [1.165, 1.54) is 6.20 Å². The lowest BCUT2D eigenvalue weighted by Crippen LogP contribution is -1.91. The first-order chi connectivity index (χ1) is 5.24. The summed E-state index contributed by atoms with van der Waals surface area (Å²) in [6, 6.07) is 1.70. The van der Waals surface area contributed by atoms with Crippen LogP contribution in [-0.2, 0) is 0 Å². The zero-order valence-corrected chi connectivity index (χ0v) is 7.67. The molecular formula is C6H4BrClN2O. The van der Waals surface area contributed by atoms with Crippen molar-refractivity contribution in [2.75, 3.05) is 0 Å². The SMILES string of the molecule is ON=C(Cl)c1cncc(Br)c1. The Kier molecular flexibility index (Phi) is 2.84. The van der Waals surface area contributed by atoms with Crippen LogP contribution >= 0.6 is 27.5 Å². The number of rotatable bonds is 1. The summed E-state index contributed by atoms with van der Waals surface area (Å²) in [5, 5.41) is 11.1. The Hall–Kier alpha value is -0.610. The summed E-state index contributed by atoms with van der Waals surface area (Å²) in [6.45, 7) is 0. The van der Waals surface area contributed by atoms with Gasteiger partial charge in [0.25, 0.3) is 0 Å². The molecule has 1 aromatic heterocycles. The molecule has 5 heteroatoms. The number of hydrogen-bond donors (Lipinski definition) is 1. The molecule has 0 aliphatic carbocycles. The number of hydrogen-bond acceptors (Lipinski definition) is 3. The van der Waals surface area contributed by atoms with Gasteiger partial charge in [0, 0.05) is 22.4 Å². The van der Waals surface area contributed by atoms with Gasteiger partial charge in [-0.1, -0.05) is 16.8 Å². The van der Waals surface area contributed by atoms with E-state index >= 15 is 0 Å². The van der Waals surface area contributed by atoms with E-state index < -0.39 is 0 Å². The molecule has 0 amide bonds. The Morgan fingerprint density at radius 3 is 2.91 bits per heavy atom. The number of aromatic nitrogens is 1. The highest BCUT2D eigenvalue weighted by Crippen LogP contribution is 2.11. The van der Waals surface area contributed by atoms with E-state index in [0.717, 1.165) is 4.47 Å². The molecule has 0 saturated carbocycles. The molecule has 1 rings (SSSR count). The number of pyridine rings is 1. The van der Waals surface area contributed by atoms with Crippen LogP contribution in [-0.4, -0.2) is 15.4 Å². The normalized spacial score (nSPS) is 11.6. The number of oxime groups is 1. The highest BCUT2D eigenvalue weighted by molar-refractivity contribution is 9.10. The van der Waals surface area contributed by atoms with Crippen molar-refractivity contribution in [3.8, 4) is 0 Å². The summed E-state index contributed by atoms with van der Waals surface area (Å²) >= 11 is 8.70. The molecule has 58 valence electrons. The lowest BCUT2D eigenvalue weighted by atomic mass is 10.3. The van der Waals surface area contributed by atoms with Gasteiger partial charge in [0.05, 0.1) is 0 Å². The maximum absolute atomic E-state index is 8.29. The third kappa shape index (κ3) is 2.17. The minimum Gasteiger partial charge on any atom is -0.410 e. The summed E-state index contributed by atoms with van der Waals surface area (Å²) in [4.78, 5) is 3.83. The first-order valence-electron chi connectivity index (χ1n) is 2.72. The minimum atomic E-state index is 0.0267. The monoisotopic (exact) mass is 234 g/mol. The fourth-order valence-electron chi connectivity index (χ4n) is 0.582. The molecule has 11 heavy (non-hydrogen) atoms. The predicted octanol–water partition coefficient (Wildman–Crippen LogP) is 2.22. The van der Waals surface area contributed by atoms with Crippen molar-refractivity contribution >= 4 is 32.7 Å². The summed E-state index contributed by atoms with van der Waals surface area (Å²) < 4.78 is 0.789. The average molecular weight is 235 g/mol. The molecule has 0 bridgehead atoms. The molecule has 3 nitrogen and oxygen atoms in total. The van der Waals surface area contributed by atoms with Gasteiger partial charge in [-0.15, -0.1) is 0 Å². The lowest BCUT2D eigenvalue weighted by Gasteiger charge is -1.94. The summed E-state index contributed by atoms with van der Waals surface area (Å²) in [5.41, 5.74) is 0.573. The van der Waals surface area contributed by atoms with Gasteiger partial charge in [-0.2, -0.15) is 0 Å². The van der Waals surface area contributed by atoms with Gasteiger partial charge in [0.15, 0.2) is 5.17 Å². The molecule has 0 fully saturated rings. The highest BCUT2D eigenvalue weighted by Gasteiger charge is 1.99. The molecule has 1 N–H and O–H groups in total. The van der Waals surface area contributed by atoms with Gasteiger partial charge in [-0.25, -0.2) is 0 Å². The molecule has 0 radical (unpaired) electrons. The minimum absolute atomic E-state index is 0.0267. The van der Waals surface area contributed by atoms with Gasteiger partial charge in [-0.3, -0.25) is 4.98 Å². The lowest BCUT2D eigenvalue weighted by molar-refractivity contribution is 0.321. The molecule has 0 spiro atoms. The summed E-state index contributed by atoms with van der Waals surface area (Å²) in [5.74, 6) is 0. The molecule has 0 unspecified atom stereocenters. The topological polar surface area (TPSA) is 45.5 Å². The highest BCUT2D eigenvalue weighted by atomic mass is 79.9. The predicted molar refractivity (Wildman–Crippen MR) is 46.1 cm³/mol. The van der Waals surface area contributed by atoms with Gasteiger partial charge in [0.2, 0.25) is 0 Å². The van der Waals surface area contributed by atoms with Gasteiger partial charge >= 0.3 is 0 Å². The molecule has 0 aromatic carbocycles. The maximum Gasteiger partial charge on any atom is 0.176 e. The van der Waals surface area contributed by atoms with Crippen molar-refractivity contribution < 1.29 is 5.21 Å². The van der Waals surface area contributed by atoms with Crippen molar-refractivity contribution in [3.05, 3.63) is 28.5 Å². The van der Waals surface area contributed by atoms with Crippen LogP contribution in [0.1, 0.15) is 5.56 Å². The van der Waals surface area contributed by atoms with Crippen LogP contribution in [0.2, 0.25) is 0 Å². The maximum atomic E-state index is 8.29. The fourth-order valence-corrected chi connectivity index (χ4v) is 1.05. The second-order valence-electron chi connectivity index (χ2n) is 1.78. The first-order valence-corrected chi connectivity index (χ1v) is 3.89. The van der Waals surface area contributed by atoms with Gasteiger partial charge < -0.3 is 5.21 Å². The standard InChI is InChI=1S/C6H4BrClN2O/c7-5-1-4(2-9-3-5)6(8)10-11/h1-3,11H. The zero-order chi connectivity index (χ0) is 8.27. The second kappa shape index (κ2) is 3.69. The van der Waals surface area contributed by atoms with Crippen LogP contribution in [0.25, 0.3) is 0 Å². The van der Waals surface area contributed by atoms with Crippen LogP contribution in [0.4, 0.5) is 0 Å². The molecular weight excluding hydrogens is 231 g/mol. The van der Waals surface area contributed by atoms with Crippen LogP contribution < -0.4 is 0 Å². The number of halogens is 2. The van der Waals surface area contributed by atoms with Crippen LogP contribution in [0, 0.1) is 0 Å². The van der Waals surface area contributed by atoms with E-state index in [4.69, 9.17) is 16.8 Å². The van der Waals surface area contributed by atoms with Crippen molar-refractivity contribution in [2.45, 2.75) is 0 Å². The largest absolute Gasteiger partial charge is 0.410 e. The first kappa shape index (κ1) is 8.49. The van der Waals surface area contributed by atoms with E-state index in [-0.39, 0.29) is 5.17 Å². The summed E-state index contributed by atoms with van der Waals surface area (Å²) in [6.07, 6.45) is 3.12. The molecule has 1 aromatic rings. The van der Waals surface area contributed by atoms with Gasteiger partial charge in [-0.05, 0) is 22.0 Å². The Morgan fingerprint density at radius 1 is 1.64 bits per heavy atom.